The largest absolute Gasteiger partial charge is 0.385 e. The molecular weight excluding hydrogens is 236 g/mol. The van der Waals surface area contributed by atoms with E-state index in [1.807, 2.05) is 0 Å². The van der Waals surface area contributed by atoms with Gasteiger partial charge in [-0.1, -0.05) is 6.92 Å². The molecule has 2 rings (SSSR count). The average Bonchev–Trinajstić information content (AvgIpc) is 3.23. The Balaban J connectivity index is 1.77. The molecule has 19 heavy (non-hydrogen) atoms. The van der Waals surface area contributed by atoms with E-state index in [-0.39, 0.29) is 0 Å². The molecule has 0 amide bonds. The maximum absolute atomic E-state index is 5.13. The third-order valence-corrected chi connectivity index (χ3v) is 5.03. The predicted octanol–water partition coefficient (Wildman–Crippen LogP) is 2.66. The minimum atomic E-state index is 0.387. The van der Waals surface area contributed by atoms with Crippen LogP contribution in [-0.2, 0) is 4.74 Å². The van der Waals surface area contributed by atoms with Crippen molar-refractivity contribution in [3.05, 3.63) is 0 Å². The molecule has 3 heteroatoms. The summed E-state index contributed by atoms with van der Waals surface area (Å²) in [6, 6.07) is 0.745. The van der Waals surface area contributed by atoms with Crippen molar-refractivity contribution in [2.75, 3.05) is 33.4 Å². The van der Waals surface area contributed by atoms with E-state index in [2.05, 4.69) is 24.1 Å². The molecule has 1 heterocycles. The first-order chi connectivity index (χ1) is 9.19. The van der Waals surface area contributed by atoms with Gasteiger partial charge in [0.05, 0.1) is 0 Å². The van der Waals surface area contributed by atoms with Gasteiger partial charge in [-0.2, -0.15) is 0 Å². The highest BCUT2D eigenvalue weighted by Gasteiger charge is 2.45. The molecule has 2 fully saturated rings. The Morgan fingerprint density at radius 2 is 2.05 bits per heavy atom. The number of hydrogen-bond acceptors (Lipinski definition) is 3. The number of unbranched alkanes of at least 4 members (excludes halogenated alkanes) is 2. The molecule has 0 aromatic carbocycles. The van der Waals surface area contributed by atoms with Crippen molar-refractivity contribution in [1.82, 2.24) is 10.2 Å². The lowest BCUT2D eigenvalue weighted by Crippen LogP contribution is -2.63. The van der Waals surface area contributed by atoms with Gasteiger partial charge >= 0.3 is 0 Å². The first kappa shape index (κ1) is 15.3. The first-order valence-electron chi connectivity index (χ1n) is 8.17. The average molecular weight is 268 g/mol. The van der Waals surface area contributed by atoms with Crippen molar-refractivity contribution in [2.24, 2.45) is 5.92 Å². The Bertz CT molecular complexity index is 267. The second-order valence-electron chi connectivity index (χ2n) is 6.66. The van der Waals surface area contributed by atoms with Crippen LogP contribution in [0.15, 0.2) is 0 Å². The van der Waals surface area contributed by atoms with Gasteiger partial charge in [0.1, 0.15) is 0 Å². The predicted molar refractivity (Wildman–Crippen MR) is 80.5 cm³/mol. The number of piperazine rings is 1. The van der Waals surface area contributed by atoms with Gasteiger partial charge in [-0.15, -0.1) is 0 Å². The third-order valence-electron chi connectivity index (χ3n) is 5.03. The maximum atomic E-state index is 5.13. The maximum Gasteiger partial charge on any atom is 0.0462 e. The fourth-order valence-corrected chi connectivity index (χ4v) is 3.48. The summed E-state index contributed by atoms with van der Waals surface area (Å²) in [7, 11) is 1.80. The zero-order valence-electron chi connectivity index (χ0n) is 13.1. The summed E-state index contributed by atoms with van der Waals surface area (Å²) in [5.74, 6) is 0.932. The highest BCUT2D eigenvalue weighted by Crippen LogP contribution is 2.41. The molecule has 0 bridgehead atoms. The smallest absolute Gasteiger partial charge is 0.0462 e. The van der Waals surface area contributed by atoms with Gasteiger partial charge in [-0.05, 0) is 57.9 Å². The van der Waals surface area contributed by atoms with Crippen molar-refractivity contribution in [1.29, 1.82) is 0 Å². The van der Waals surface area contributed by atoms with Crippen LogP contribution >= 0.6 is 0 Å². The number of nitrogens with zero attached hydrogens (tertiary/aromatic N) is 1. The summed E-state index contributed by atoms with van der Waals surface area (Å²) in [6.45, 7) is 9.38. The van der Waals surface area contributed by atoms with E-state index in [0.29, 0.717) is 5.54 Å². The molecule has 1 saturated heterocycles. The molecule has 1 saturated carbocycles. The van der Waals surface area contributed by atoms with Gasteiger partial charge < -0.3 is 10.1 Å². The summed E-state index contributed by atoms with van der Waals surface area (Å²) in [6.07, 6.45) is 7.96. The number of ether oxygens (including phenoxy) is 1. The van der Waals surface area contributed by atoms with Crippen LogP contribution in [0.4, 0.5) is 0 Å². The highest BCUT2D eigenvalue weighted by atomic mass is 16.5. The zero-order chi connectivity index (χ0) is 13.7. The van der Waals surface area contributed by atoms with Gasteiger partial charge in [0, 0.05) is 38.4 Å². The van der Waals surface area contributed by atoms with Crippen LogP contribution in [0.2, 0.25) is 0 Å². The molecule has 0 radical (unpaired) electrons. The van der Waals surface area contributed by atoms with Crippen LogP contribution in [0, 0.1) is 5.92 Å². The second kappa shape index (κ2) is 7.05. The molecule has 0 aromatic rings. The van der Waals surface area contributed by atoms with Crippen molar-refractivity contribution in [2.45, 2.75) is 64.0 Å². The molecule has 1 aliphatic heterocycles. The number of rotatable bonds is 8. The van der Waals surface area contributed by atoms with E-state index in [0.717, 1.165) is 18.6 Å². The molecule has 0 aromatic heterocycles. The van der Waals surface area contributed by atoms with Gasteiger partial charge in [-0.3, -0.25) is 4.90 Å². The van der Waals surface area contributed by atoms with Crippen LogP contribution in [0.3, 0.4) is 0 Å². The number of hydrogen-bond donors (Lipinski definition) is 1. The van der Waals surface area contributed by atoms with E-state index >= 15 is 0 Å². The van der Waals surface area contributed by atoms with Gasteiger partial charge in [0.2, 0.25) is 0 Å². The van der Waals surface area contributed by atoms with Crippen molar-refractivity contribution in [3.8, 4) is 0 Å². The van der Waals surface area contributed by atoms with Crippen LogP contribution in [0.1, 0.15) is 52.4 Å². The van der Waals surface area contributed by atoms with Crippen molar-refractivity contribution >= 4 is 0 Å². The molecule has 0 spiro atoms. The third kappa shape index (κ3) is 4.17. The molecule has 2 aliphatic rings. The number of nitrogens with one attached hydrogen (secondary N) is 1. The van der Waals surface area contributed by atoms with Crippen molar-refractivity contribution < 1.29 is 4.74 Å². The molecule has 3 nitrogen and oxygen atoms in total. The second-order valence-corrected chi connectivity index (χ2v) is 6.66. The van der Waals surface area contributed by atoms with Gasteiger partial charge in [-0.25, -0.2) is 0 Å². The molecular formula is C16H32N2O. The van der Waals surface area contributed by atoms with Crippen LogP contribution < -0.4 is 5.32 Å². The monoisotopic (exact) mass is 268 g/mol. The minimum absolute atomic E-state index is 0.387. The highest BCUT2D eigenvalue weighted by molar-refractivity contribution is 5.03. The summed E-state index contributed by atoms with van der Waals surface area (Å²) >= 11 is 0. The Morgan fingerprint density at radius 3 is 2.68 bits per heavy atom. The molecule has 112 valence electrons. The Labute approximate surface area is 119 Å². The number of methoxy groups -OCH3 is 1. The van der Waals surface area contributed by atoms with E-state index in [1.165, 1.54) is 58.2 Å². The topological polar surface area (TPSA) is 24.5 Å². The van der Waals surface area contributed by atoms with Crippen molar-refractivity contribution in [3.63, 3.8) is 0 Å². The molecule has 2 unspecified atom stereocenters. The van der Waals surface area contributed by atoms with Gasteiger partial charge in [0.15, 0.2) is 0 Å². The quantitative estimate of drug-likeness (QED) is 0.685. The SMILES string of the molecule is CCC1CNC(C)(C2CC2)CN1CCCCCOC. The lowest BCUT2D eigenvalue weighted by Gasteiger charge is -2.46. The zero-order valence-corrected chi connectivity index (χ0v) is 13.1. The lowest BCUT2D eigenvalue weighted by atomic mass is 9.90. The van der Waals surface area contributed by atoms with Crippen LogP contribution in [0.25, 0.3) is 0 Å². The summed E-state index contributed by atoms with van der Waals surface area (Å²) in [5, 5.41) is 3.84. The lowest BCUT2D eigenvalue weighted by molar-refractivity contribution is 0.0707. The van der Waals surface area contributed by atoms with E-state index < -0.39 is 0 Å². The van der Waals surface area contributed by atoms with Crippen LogP contribution in [0.5, 0.6) is 0 Å². The minimum Gasteiger partial charge on any atom is -0.385 e. The Morgan fingerprint density at radius 1 is 1.26 bits per heavy atom. The fourth-order valence-electron chi connectivity index (χ4n) is 3.48. The first-order valence-corrected chi connectivity index (χ1v) is 8.17. The van der Waals surface area contributed by atoms with Gasteiger partial charge in [0.25, 0.3) is 0 Å². The van der Waals surface area contributed by atoms with E-state index in [1.54, 1.807) is 7.11 Å². The summed E-state index contributed by atoms with van der Waals surface area (Å²) in [5.41, 5.74) is 0.387. The normalized spacial score (nSPS) is 32.7. The standard InChI is InChI=1S/C16H32N2O/c1-4-15-12-17-16(2,14-8-9-14)13-18(15)10-6-5-7-11-19-3/h14-15,17H,4-13H2,1-3H3. The van der Waals surface area contributed by atoms with E-state index in [4.69, 9.17) is 4.74 Å². The summed E-state index contributed by atoms with van der Waals surface area (Å²) < 4.78 is 5.13. The molecule has 1 aliphatic carbocycles. The fraction of sp³-hybridized carbons (Fsp3) is 1.00. The molecule has 2 atom stereocenters. The van der Waals surface area contributed by atoms with E-state index in [9.17, 15) is 0 Å². The molecule has 1 N–H and O–H groups in total. The van der Waals surface area contributed by atoms with Crippen LogP contribution in [-0.4, -0.2) is 49.8 Å². The Hall–Kier alpha value is -0.120. The Kier molecular flexibility index (Phi) is 5.67. The summed E-state index contributed by atoms with van der Waals surface area (Å²) in [4.78, 5) is 2.75.